The zero-order valence-electron chi connectivity index (χ0n) is 13.1. The highest BCUT2D eigenvalue weighted by molar-refractivity contribution is 5.81. The Balaban J connectivity index is 1.96. The molecule has 0 spiro atoms. The lowest BCUT2D eigenvalue weighted by Gasteiger charge is -2.17. The number of carbonyl (C=O) groups is 1. The van der Waals surface area contributed by atoms with Gasteiger partial charge in [0.15, 0.2) is 0 Å². The molecule has 1 aromatic heterocycles. The Hall–Kier alpha value is -1.81. The number of hydrogen-bond acceptors (Lipinski definition) is 3. The SMILES string of the molecule is CC(C)CO[C@H](C)C(=O)N[C@@H](C)c1cc2ccccc2o1. The van der Waals surface area contributed by atoms with Gasteiger partial charge in [-0.3, -0.25) is 4.79 Å². The molecule has 0 saturated carbocycles. The fourth-order valence-corrected chi connectivity index (χ4v) is 2.03. The van der Waals surface area contributed by atoms with Crippen molar-refractivity contribution in [3.05, 3.63) is 36.1 Å². The third-order valence-electron chi connectivity index (χ3n) is 3.28. The van der Waals surface area contributed by atoms with Gasteiger partial charge in [0.25, 0.3) is 0 Å². The number of carbonyl (C=O) groups excluding carboxylic acids is 1. The van der Waals surface area contributed by atoms with E-state index in [4.69, 9.17) is 9.15 Å². The van der Waals surface area contributed by atoms with Crippen LogP contribution in [-0.4, -0.2) is 18.6 Å². The molecule has 114 valence electrons. The lowest BCUT2D eigenvalue weighted by Crippen LogP contribution is -2.36. The number of furan rings is 1. The van der Waals surface area contributed by atoms with Crippen molar-refractivity contribution in [1.29, 1.82) is 0 Å². The fourth-order valence-electron chi connectivity index (χ4n) is 2.03. The molecule has 1 amide bonds. The van der Waals surface area contributed by atoms with E-state index in [0.717, 1.165) is 16.7 Å². The zero-order valence-corrected chi connectivity index (χ0v) is 13.1. The molecule has 21 heavy (non-hydrogen) atoms. The van der Waals surface area contributed by atoms with E-state index in [-0.39, 0.29) is 11.9 Å². The molecule has 0 aliphatic heterocycles. The van der Waals surface area contributed by atoms with E-state index in [2.05, 4.69) is 19.2 Å². The third-order valence-corrected chi connectivity index (χ3v) is 3.28. The lowest BCUT2D eigenvalue weighted by molar-refractivity contribution is -0.133. The van der Waals surface area contributed by atoms with Gasteiger partial charge in [-0.2, -0.15) is 0 Å². The van der Waals surface area contributed by atoms with Crippen LogP contribution < -0.4 is 5.32 Å². The molecule has 0 saturated heterocycles. The smallest absolute Gasteiger partial charge is 0.249 e. The second kappa shape index (κ2) is 6.76. The Morgan fingerprint density at radius 1 is 1.24 bits per heavy atom. The maximum absolute atomic E-state index is 12.1. The minimum absolute atomic E-state index is 0.122. The van der Waals surface area contributed by atoms with Crippen LogP contribution in [-0.2, 0) is 9.53 Å². The van der Waals surface area contributed by atoms with Crippen molar-refractivity contribution in [3.63, 3.8) is 0 Å². The number of ether oxygens (including phenoxy) is 1. The molecule has 0 unspecified atom stereocenters. The van der Waals surface area contributed by atoms with E-state index < -0.39 is 6.10 Å². The summed E-state index contributed by atoms with van der Waals surface area (Å²) in [6, 6.07) is 9.58. The quantitative estimate of drug-likeness (QED) is 0.882. The first kappa shape index (κ1) is 15.6. The van der Waals surface area contributed by atoms with Crippen molar-refractivity contribution in [3.8, 4) is 0 Å². The maximum atomic E-state index is 12.1. The first-order chi connectivity index (χ1) is 9.97. The van der Waals surface area contributed by atoms with Gasteiger partial charge in [0.05, 0.1) is 6.04 Å². The van der Waals surface area contributed by atoms with Gasteiger partial charge in [0.2, 0.25) is 5.91 Å². The van der Waals surface area contributed by atoms with Crippen molar-refractivity contribution in [2.75, 3.05) is 6.61 Å². The molecule has 1 N–H and O–H groups in total. The van der Waals surface area contributed by atoms with Crippen LogP contribution in [0.4, 0.5) is 0 Å². The van der Waals surface area contributed by atoms with Crippen LogP contribution in [0.5, 0.6) is 0 Å². The number of para-hydroxylation sites is 1. The second-order valence-electron chi connectivity index (χ2n) is 5.79. The summed E-state index contributed by atoms with van der Waals surface area (Å²) in [5, 5.41) is 3.96. The summed E-state index contributed by atoms with van der Waals surface area (Å²) in [4.78, 5) is 12.1. The van der Waals surface area contributed by atoms with Crippen LogP contribution in [0.3, 0.4) is 0 Å². The van der Waals surface area contributed by atoms with Gasteiger partial charge in [-0.25, -0.2) is 0 Å². The molecule has 0 radical (unpaired) electrons. The van der Waals surface area contributed by atoms with E-state index in [1.54, 1.807) is 6.92 Å². The summed E-state index contributed by atoms with van der Waals surface area (Å²) in [5.74, 6) is 1.04. The summed E-state index contributed by atoms with van der Waals surface area (Å²) in [5.41, 5.74) is 0.831. The Morgan fingerprint density at radius 3 is 2.62 bits per heavy atom. The van der Waals surface area contributed by atoms with Crippen LogP contribution in [0.15, 0.2) is 34.7 Å². The Kier molecular flexibility index (Phi) is 5.02. The van der Waals surface area contributed by atoms with E-state index in [1.807, 2.05) is 37.3 Å². The van der Waals surface area contributed by atoms with Crippen LogP contribution in [0, 0.1) is 5.92 Å². The van der Waals surface area contributed by atoms with Crippen molar-refractivity contribution < 1.29 is 13.9 Å². The summed E-state index contributed by atoms with van der Waals surface area (Å²) in [6.45, 7) is 8.37. The summed E-state index contributed by atoms with van der Waals surface area (Å²) in [7, 11) is 0. The van der Waals surface area contributed by atoms with Crippen LogP contribution in [0.1, 0.15) is 39.5 Å². The number of benzene rings is 1. The highest BCUT2D eigenvalue weighted by Crippen LogP contribution is 2.23. The van der Waals surface area contributed by atoms with Crippen LogP contribution >= 0.6 is 0 Å². The lowest BCUT2D eigenvalue weighted by atomic mass is 10.2. The van der Waals surface area contributed by atoms with E-state index in [0.29, 0.717) is 12.5 Å². The van der Waals surface area contributed by atoms with Crippen molar-refractivity contribution in [2.45, 2.75) is 39.8 Å². The normalized spacial score (nSPS) is 14.3. The zero-order chi connectivity index (χ0) is 15.4. The predicted octanol–water partition coefficient (Wildman–Crippen LogP) is 3.67. The van der Waals surface area contributed by atoms with Crippen molar-refractivity contribution in [1.82, 2.24) is 5.32 Å². The second-order valence-corrected chi connectivity index (χ2v) is 5.79. The van der Waals surface area contributed by atoms with Gasteiger partial charge in [0, 0.05) is 12.0 Å². The topological polar surface area (TPSA) is 51.5 Å². The molecule has 0 bridgehead atoms. The fraction of sp³-hybridized carbons (Fsp3) is 0.471. The van der Waals surface area contributed by atoms with Gasteiger partial charge in [-0.15, -0.1) is 0 Å². The molecule has 2 aromatic rings. The van der Waals surface area contributed by atoms with Crippen LogP contribution in [0.25, 0.3) is 11.0 Å². The molecule has 4 heteroatoms. The minimum atomic E-state index is -0.459. The van der Waals surface area contributed by atoms with Crippen molar-refractivity contribution >= 4 is 16.9 Å². The van der Waals surface area contributed by atoms with E-state index in [9.17, 15) is 4.79 Å². The molecule has 2 rings (SSSR count). The number of nitrogens with one attached hydrogen (secondary N) is 1. The number of rotatable bonds is 6. The number of hydrogen-bond donors (Lipinski definition) is 1. The molecular formula is C17H23NO3. The van der Waals surface area contributed by atoms with Crippen LogP contribution in [0.2, 0.25) is 0 Å². The van der Waals surface area contributed by atoms with Gasteiger partial charge in [-0.05, 0) is 31.9 Å². The predicted molar refractivity (Wildman–Crippen MR) is 83.0 cm³/mol. The molecule has 0 aliphatic carbocycles. The summed E-state index contributed by atoms with van der Waals surface area (Å²) >= 11 is 0. The number of amides is 1. The summed E-state index contributed by atoms with van der Waals surface area (Å²) in [6.07, 6.45) is -0.459. The van der Waals surface area contributed by atoms with Gasteiger partial charge in [0.1, 0.15) is 17.4 Å². The van der Waals surface area contributed by atoms with Crippen molar-refractivity contribution in [2.24, 2.45) is 5.92 Å². The molecule has 4 nitrogen and oxygen atoms in total. The van der Waals surface area contributed by atoms with E-state index >= 15 is 0 Å². The first-order valence-electron chi connectivity index (χ1n) is 7.38. The first-order valence-corrected chi connectivity index (χ1v) is 7.38. The van der Waals surface area contributed by atoms with Gasteiger partial charge in [-0.1, -0.05) is 32.0 Å². The highest BCUT2D eigenvalue weighted by Gasteiger charge is 2.19. The average Bonchev–Trinajstić information content (AvgIpc) is 2.88. The average molecular weight is 289 g/mol. The monoisotopic (exact) mass is 289 g/mol. The molecular weight excluding hydrogens is 266 g/mol. The Bertz CT molecular complexity index is 570. The number of fused-ring (bicyclic) bond motifs is 1. The van der Waals surface area contributed by atoms with Gasteiger partial charge < -0.3 is 14.5 Å². The minimum Gasteiger partial charge on any atom is -0.459 e. The molecule has 2 atom stereocenters. The Morgan fingerprint density at radius 2 is 1.95 bits per heavy atom. The largest absolute Gasteiger partial charge is 0.459 e. The standard InChI is InChI=1S/C17H23NO3/c1-11(2)10-20-13(4)17(19)18-12(3)16-9-14-7-5-6-8-15(14)21-16/h5-9,11-13H,10H2,1-4H3,(H,18,19)/t12-,13+/m0/s1. The molecule has 0 aliphatic rings. The van der Waals surface area contributed by atoms with Gasteiger partial charge >= 0.3 is 0 Å². The van der Waals surface area contributed by atoms with E-state index in [1.165, 1.54) is 0 Å². The maximum Gasteiger partial charge on any atom is 0.249 e. The summed E-state index contributed by atoms with van der Waals surface area (Å²) < 4.78 is 11.3. The molecule has 1 heterocycles. The Labute approximate surface area is 125 Å². The third kappa shape index (κ3) is 4.08. The molecule has 1 aromatic carbocycles. The molecule has 0 fully saturated rings. The highest BCUT2D eigenvalue weighted by atomic mass is 16.5.